The molecule has 0 saturated carbocycles. The van der Waals surface area contributed by atoms with Crippen molar-refractivity contribution in [1.82, 2.24) is 4.98 Å². The number of rotatable bonds is 4. The topological polar surface area (TPSA) is 88.5 Å². The summed E-state index contributed by atoms with van der Waals surface area (Å²) in [5.74, 6) is -2.21. The van der Waals surface area contributed by atoms with Crippen LogP contribution in [0.1, 0.15) is 21.0 Å². The smallest absolute Gasteiger partial charge is 0.354 e. The highest BCUT2D eigenvalue weighted by Crippen LogP contribution is 2.25. The SMILES string of the molecule is COc1cc(F)ccc1NC(=O)c1cccc(C(=O)O)n1. The van der Waals surface area contributed by atoms with E-state index in [1.54, 1.807) is 0 Å². The number of nitrogens with one attached hydrogen (secondary N) is 1. The molecule has 0 fully saturated rings. The van der Waals surface area contributed by atoms with Crippen molar-refractivity contribution in [3.05, 3.63) is 53.6 Å². The number of carboxylic acids is 1. The van der Waals surface area contributed by atoms with Gasteiger partial charge in [0.15, 0.2) is 0 Å². The molecule has 0 atom stereocenters. The van der Waals surface area contributed by atoms with Crippen molar-refractivity contribution in [2.24, 2.45) is 0 Å². The number of carbonyl (C=O) groups excluding carboxylic acids is 1. The molecule has 0 saturated heterocycles. The van der Waals surface area contributed by atoms with Crippen molar-refractivity contribution in [1.29, 1.82) is 0 Å². The molecule has 21 heavy (non-hydrogen) atoms. The van der Waals surface area contributed by atoms with Crippen LogP contribution in [0, 0.1) is 5.82 Å². The zero-order valence-corrected chi connectivity index (χ0v) is 11.0. The summed E-state index contributed by atoms with van der Waals surface area (Å²) in [6, 6.07) is 7.69. The number of halogens is 1. The normalized spacial score (nSPS) is 10.0. The molecule has 0 spiro atoms. The molecule has 1 aromatic carbocycles. The summed E-state index contributed by atoms with van der Waals surface area (Å²) < 4.78 is 18.0. The molecule has 1 amide bonds. The molecule has 2 N–H and O–H groups in total. The number of amides is 1. The molecule has 0 aliphatic heterocycles. The van der Waals surface area contributed by atoms with Crippen LogP contribution in [-0.2, 0) is 0 Å². The Hall–Kier alpha value is -2.96. The Kier molecular flexibility index (Phi) is 4.13. The Balaban J connectivity index is 2.26. The van der Waals surface area contributed by atoms with Gasteiger partial charge in [0.1, 0.15) is 23.0 Å². The Morgan fingerprint density at radius 2 is 1.95 bits per heavy atom. The molecule has 0 unspecified atom stereocenters. The van der Waals surface area contributed by atoms with Gasteiger partial charge in [-0.2, -0.15) is 0 Å². The van der Waals surface area contributed by atoms with Gasteiger partial charge in [-0.15, -0.1) is 0 Å². The number of benzene rings is 1. The van der Waals surface area contributed by atoms with E-state index in [9.17, 15) is 14.0 Å². The Morgan fingerprint density at radius 1 is 1.24 bits per heavy atom. The fourth-order valence-corrected chi connectivity index (χ4v) is 1.63. The van der Waals surface area contributed by atoms with Gasteiger partial charge < -0.3 is 15.2 Å². The fraction of sp³-hybridized carbons (Fsp3) is 0.0714. The lowest BCUT2D eigenvalue weighted by atomic mass is 10.2. The lowest BCUT2D eigenvalue weighted by molar-refractivity contribution is 0.0690. The third kappa shape index (κ3) is 3.33. The standard InChI is InChI=1S/C14H11FN2O4/c1-21-12-7-8(15)5-6-9(12)17-13(18)10-3-2-4-11(16-10)14(19)20/h2-7H,1H3,(H,17,18)(H,19,20). The summed E-state index contributed by atoms with van der Waals surface area (Å²) in [5, 5.41) is 11.3. The first-order chi connectivity index (χ1) is 10.0. The van der Waals surface area contributed by atoms with E-state index < -0.39 is 17.7 Å². The van der Waals surface area contributed by atoms with E-state index >= 15 is 0 Å². The van der Waals surface area contributed by atoms with E-state index in [4.69, 9.17) is 9.84 Å². The zero-order valence-electron chi connectivity index (χ0n) is 11.0. The maximum Gasteiger partial charge on any atom is 0.354 e. The molecule has 0 radical (unpaired) electrons. The number of aromatic nitrogens is 1. The molecular weight excluding hydrogens is 279 g/mol. The third-order valence-corrected chi connectivity index (χ3v) is 2.61. The number of hydrogen-bond acceptors (Lipinski definition) is 4. The Labute approximate surface area is 119 Å². The van der Waals surface area contributed by atoms with Crippen molar-refractivity contribution in [2.75, 3.05) is 12.4 Å². The van der Waals surface area contributed by atoms with Gasteiger partial charge in [-0.05, 0) is 24.3 Å². The number of pyridine rings is 1. The second kappa shape index (κ2) is 6.00. The molecule has 2 aromatic rings. The first kappa shape index (κ1) is 14.4. The first-order valence-corrected chi connectivity index (χ1v) is 5.86. The molecule has 1 aromatic heterocycles. The van der Waals surface area contributed by atoms with E-state index in [-0.39, 0.29) is 22.8 Å². The van der Waals surface area contributed by atoms with Crippen LogP contribution >= 0.6 is 0 Å². The second-order valence-electron chi connectivity index (χ2n) is 4.01. The van der Waals surface area contributed by atoms with Crippen molar-refractivity contribution in [3.63, 3.8) is 0 Å². The van der Waals surface area contributed by atoms with Gasteiger partial charge in [0.2, 0.25) is 0 Å². The predicted octanol–water partition coefficient (Wildman–Crippen LogP) is 2.18. The highest BCUT2D eigenvalue weighted by Gasteiger charge is 2.14. The van der Waals surface area contributed by atoms with Gasteiger partial charge in [0, 0.05) is 6.07 Å². The van der Waals surface area contributed by atoms with Crippen molar-refractivity contribution in [3.8, 4) is 5.75 Å². The first-order valence-electron chi connectivity index (χ1n) is 5.86. The number of nitrogens with zero attached hydrogens (tertiary/aromatic N) is 1. The summed E-state index contributed by atoms with van der Waals surface area (Å²) in [4.78, 5) is 26.6. The maximum atomic E-state index is 13.1. The molecule has 108 valence electrons. The largest absolute Gasteiger partial charge is 0.494 e. The van der Waals surface area contributed by atoms with E-state index in [0.29, 0.717) is 0 Å². The molecule has 0 bridgehead atoms. The molecule has 7 heteroatoms. The minimum Gasteiger partial charge on any atom is -0.494 e. The van der Waals surface area contributed by atoms with E-state index in [0.717, 1.165) is 6.07 Å². The van der Waals surface area contributed by atoms with Gasteiger partial charge in [-0.25, -0.2) is 14.2 Å². The number of ether oxygens (including phenoxy) is 1. The summed E-state index contributed by atoms with van der Waals surface area (Å²) >= 11 is 0. The van der Waals surface area contributed by atoms with E-state index in [2.05, 4.69) is 10.3 Å². The summed E-state index contributed by atoms with van der Waals surface area (Å²) in [5.41, 5.74) is -0.0542. The van der Waals surface area contributed by atoms with E-state index in [1.807, 2.05) is 0 Å². The lowest BCUT2D eigenvalue weighted by Crippen LogP contribution is -2.16. The number of carboxylic acid groups (broad SMARTS) is 1. The average molecular weight is 290 g/mol. The van der Waals surface area contributed by atoms with Crippen LogP contribution in [0.4, 0.5) is 10.1 Å². The number of carbonyl (C=O) groups is 2. The minimum atomic E-state index is -1.23. The van der Waals surface area contributed by atoms with Crippen LogP contribution in [-0.4, -0.2) is 29.1 Å². The monoisotopic (exact) mass is 290 g/mol. The quantitative estimate of drug-likeness (QED) is 0.901. The fourth-order valence-electron chi connectivity index (χ4n) is 1.63. The summed E-state index contributed by atoms with van der Waals surface area (Å²) in [6.07, 6.45) is 0. The summed E-state index contributed by atoms with van der Waals surface area (Å²) in [7, 11) is 1.34. The van der Waals surface area contributed by atoms with Gasteiger partial charge in [-0.3, -0.25) is 4.79 Å². The average Bonchev–Trinajstić information content (AvgIpc) is 2.49. The highest BCUT2D eigenvalue weighted by atomic mass is 19.1. The van der Waals surface area contributed by atoms with Crippen molar-refractivity contribution in [2.45, 2.75) is 0 Å². The van der Waals surface area contributed by atoms with Crippen LogP contribution < -0.4 is 10.1 Å². The van der Waals surface area contributed by atoms with Crippen LogP contribution in [0.25, 0.3) is 0 Å². The van der Waals surface area contributed by atoms with Crippen molar-refractivity contribution >= 4 is 17.6 Å². The second-order valence-corrected chi connectivity index (χ2v) is 4.01. The number of anilines is 1. The number of aromatic carboxylic acids is 1. The Bertz CT molecular complexity index is 703. The van der Waals surface area contributed by atoms with E-state index in [1.165, 1.54) is 37.4 Å². The minimum absolute atomic E-state index is 0.0683. The molecule has 0 aliphatic carbocycles. The molecule has 1 heterocycles. The highest BCUT2D eigenvalue weighted by molar-refractivity contribution is 6.04. The van der Waals surface area contributed by atoms with Gasteiger partial charge in [-0.1, -0.05) is 6.07 Å². The number of methoxy groups -OCH3 is 1. The van der Waals surface area contributed by atoms with Gasteiger partial charge in [0.25, 0.3) is 5.91 Å². The van der Waals surface area contributed by atoms with Crippen molar-refractivity contribution < 1.29 is 23.8 Å². The zero-order chi connectivity index (χ0) is 15.4. The molecule has 6 nitrogen and oxygen atoms in total. The maximum absolute atomic E-state index is 13.1. The third-order valence-electron chi connectivity index (χ3n) is 2.61. The molecule has 0 aliphatic rings. The van der Waals surface area contributed by atoms with Gasteiger partial charge >= 0.3 is 5.97 Å². The Morgan fingerprint density at radius 3 is 2.62 bits per heavy atom. The summed E-state index contributed by atoms with van der Waals surface area (Å²) in [6.45, 7) is 0. The molecule has 2 rings (SSSR count). The lowest BCUT2D eigenvalue weighted by Gasteiger charge is -2.10. The van der Waals surface area contributed by atoms with Crippen LogP contribution in [0.15, 0.2) is 36.4 Å². The van der Waals surface area contributed by atoms with Crippen LogP contribution in [0.2, 0.25) is 0 Å². The molecular formula is C14H11FN2O4. The predicted molar refractivity (Wildman–Crippen MR) is 72.1 cm³/mol. The number of hydrogen-bond donors (Lipinski definition) is 2. The van der Waals surface area contributed by atoms with Crippen LogP contribution in [0.5, 0.6) is 5.75 Å². The van der Waals surface area contributed by atoms with Gasteiger partial charge in [0.05, 0.1) is 12.8 Å². The van der Waals surface area contributed by atoms with Crippen LogP contribution in [0.3, 0.4) is 0 Å².